The first-order valence-corrected chi connectivity index (χ1v) is 9.51. The molecule has 1 atom stereocenters. The van der Waals surface area contributed by atoms with Crippen LogP contribution in [0, 0.1) is 5.92 Å². The molecule has 1 unspecified atom stereocenters. The number of benzene rings is 1. The van der Waals surface area contributed by atoms with Crippen LogP contribution < -0.4 is 10.6 Å². The third kappa shape index (κ3) is 5.15. The van der Waals surface area contributed by atoms with Crippen LogP contribution in [-0.4, -0.2) is 36.8 Å². The van der Waals surface area contributed by atoms with Gasteiger partial charge in [-0.2, -0.15) is 11.8 Å². The summed E-state index contributed by atoms with van der Waals surface area (Å²) in [7, 11) is 0. The van der Waals surface area contributed by atoms with E-state index in [0.717, 1.165) is 31.6 Å². The molecule has 1 aromatic carbocycles. The monoisotopic (exact) mass is 336 g/mol. The lowest BCUT2D eigenvalue weighted by molar-refractivity contribution is 0.0776. The average Bonchev–Trinajstić information content (AvgIpc) is 2.59. The van der Waals surface area contributed by atoms with Crippen molar-refractivity contribution < 1.29 is 9.53 Å². The Balaban J connectivity index is 1.92. The summed E-state index contributed by atoms with van der Waals surface area (Å²) < 4.78 is 5.55. The predicted octanol–water partition coefficient (Wildman–Crippen LogP) is 3.60. The first kappa shape index (κ1) is 18.1. The van der Waals surface area contributed by atoms with Crippen molar-refractivity contribution in [2.75, 3.05) is 26.0 Å². The van der Waals surface area contributed by atoms with Crippen LogP contribution in [0.5, 0.6) is 0 Å². The van der Waals surface area contributed by atoms with Crippen molar-refractivity contribution in [2.24, 2.45) is 5.92 Å². The van der Waals surface area contributed by atoms with Gasteiger partial charge in [0.1, 0.15) is 0 Å². The number of carbonyl (C=O) groups excluding carboxylic acids is 1. The highest BCUT2D eigenvalue weighted by Gasteiger charge is 2.32. The molecule has 1 saturated heterocycles. The summed E-state index contributed by atoms with van der Waals surface area (Å²) in [4.78, 5) is 12.4. The number of rotatable bonds is 6. The maximum absolute atomic E-state index is 12.4. The number of thioether (sulfide) groups is 1. The second kappa shape index (κ2) is 8.60. The zero-order chi connectivity index (χ0) is 16.7. The molecule has 1 aliphatic rings. The van der Waals surface area contributed by atoms with Gasteiger partial charge in [0.15, 0.2) is 0 Å². The minimum Gasteiger partial charge on any atom is -0.381 e. The molecule has 0 radical (unpaired) electrons. The molecule has 0 spiro atoms. The first-order valence-electron chi connectivity index (χ1n) is 8.28. The zero-order valence-electron chi connectivity index (χ0n) is 14.3. The third-order valence-electron chi connectivity index (χ3n) is 4.52. The number of nitrogens with one attached hydrogen (secondary N) is 2. The van der Waals surface area contributed by atoms with Gasteiger partial charge >= 0.3 is 6.03 Å². The van der Waals surface area contributed by atoms with Crippen molar-refractivity contribution in [3.8, 4) is 0 Å². The van der Waals surface area contributed by atoms with Gasteiger partial charge < -0.3 is 15.4 Å². The fraction of sp³-hybridized carbons (Fsp3) is 0.611. The van der Waals surface area contributed by atoms with E-state index in [1.807, 2.05) is 30.0 Å². The molecule has 1 aliphatic heterocycles. The van der Waals surface area contributed by atoms with Crippen LogP contribution in [0.15, 0.2) is 30.3 Å². The van der Waals surface area contributed by atoms with E-state index in [2.05, 4.69) is 42.9 Å². The SMILES string of the molecule is CSC1(CNC(=O)NC(c2ccccc2)C(C)C)CCOCC1. The van der Waals surface area contributed by atoms with E-state index in [9.17, 15) is 4.79 Å². The van der Waals surface area contributed by atoms with Crippen LogP contribution in [-0.2, 0) is 4.74 Å². The molecule has 0 saturated carbocycles. The number of hydrogen-bond acceptors (Lipinski definition) is 3. The molecule has 1 aromatic rings. The van der Waals surface area contributed by atoms with Crippen LogP contribution in [0.4, 0.5) is 4.79 Å². The summed E-state index contributed by atoms with van der Waals surface area (Å²) in [5, 5.41) is 6.20. The van der Waals surface area contributed by atoms with Crippen LogP contribution in [0.3, 0.4) is 0 Å². The fourth-order valence-corrected chi connectivity index (χ4v) is 3.72. The molecule has 0 bridgehead atoms. The van der Waals surface area contributed by atoms with Crippen LogP contribution in [0.1, 0.15) is 38.3 Å². The molecular formula is C18H28N2O2S. The maximum atomic E-state index is 12.4. The smallest absolute Gasteiger partial charge is 0.315 e. The van der Waals surface area contributed by atoms with E-state index >= 15 is 0 Å². The van der Waals surface area contributed by atoms with Crippen molar-refractivity contribution >= 4 is 17.8 Å². The van der Waals surface area contributed by atoms with E-state index in [-0.39, 0.29) is 16.8 Å². The molecule has 1 fully saturated rings. The number of carbonyl (C=O) groups is 1. The van der Waals surface area contributed by atoms with Crippen LogP contribution in [0.25, 0.3) is 0 Å². The topological polar surface area (TPSA) is 50.4 Å². The van der Waals surface area contributed by atoms with E-state index in [4.69, 9.17) is 4.74 Å². The summed E-state index contributed by atoms with van der Waals surface area (Å²) in [6.45, 7) is 6.49. The Kier molecular flexibility index (Phi) is 6.78. The number of urea groups is 1. The van der Waals surface area contributed by atoms with Crippen LogP contribution >= 0.6 is 11.8 Å². The Bertz CT molecular complexity index is 487. The van der Waals surface area contributed by atoms with Gasteiger partial charge in [-0.25, -0.2) is 4.79 Å². The zero-order valence-corrected chi connectivity index (χ0v) is 15.1. The quantitative estimate of drug-likeness (QED) is 0.834. The maximum Gasteiger partial charge on any atom is 0.315 e. The lowest BCUT2D eigenvalue weighted by Crippen LogP contribution is -2.48. The molecule has 0 aromatic heterocycles. The largest absolute Gasteiger partial charge is 0.381 e. The predicted molar refractivity (Wildman–Crippen MR) is 96.9 cm³/mol. The highest BCUT2D eigenvalue weighted by atomic mass is 32.2. The van der Waals surface area contributed by atoms with Gasteiger partial charge in [0.25, 0.3) is 0 Å². The molecule has 0 aliphatic carbocycles. The molecule has 1 heterocycles. The van der Waals surface area contributed by atoms with Gasteiger partial charge in [-0.1, -0.05) is 44.2 Å². The molecule has 2 N–H and O–H groups in total. The molecule has 2 amide bonds. The lowest BCUT2D eigenvalue weighted by atomic mass is 9.96. The Morgan fingerprint density at radius 2 is 1.91 bits per heavy atom. The first-order chi connectivity index (χ1) is 11.1. The van der Waals surface area contributed by atoms with Crippen molar-refractivity contribution in [1.29, 1.82) is 0 Å². The molecule has 23 heavy (non-hydrogen) atoms. The van der Waals surface area contributed by atoms with Gasteiger partial charge in [0, 0.05) is 24.5 Å². The summed E-state index contributed by atoms with van der Waals surface area (Å²) in [6, 6.07) is 10.1. The highest BCUT2D eigenvalue weighted by molar-refractivity contribution is 8.00. The summed E-state index contributed by atoms with van der Waals surface area (Å²) in [5.41, 5.74) is 1.14. The van der Waals surface area contributed by atoms with Gasteiger partial charge in [0.05, 0.1) is 6.04 Å². The standard InChI is InChI=1S/C18H28N2O2S/c1-14(2)16(15-7-5-4-6-8-15)20-17(21)19-13-18(23-3)9-11-22-12-10-18/h4-8,14,16H,9-13H2,1-3H3,(H2,19,20,21). The molecule has 2 rings (SSSR count). The van der Waals surface area contributed by atoms with Crippen molar-refractivity contribution in [3.05, 3.63) is 35.9 Å². The van der Waals surface area contributed by atoms with E-state index in [1.54, 1.807) is 0 Å². The van der Waals surface area contributed by atoms with Crippen molar-refractivity contribution in [2.45, 2.75) is 37.5 Å². The molecule has 4 nitrogen and oxygen atoms in total. The summed E-state index contributed by atoms with van der Waals surface area (Å²) in [5.74, 6) is 0.334. The second-order valence-corrected chi connectivity index (χ2v) is 7.73. The summed E-state index contributed by atoms with van der Waals surface area (Å²) >= 11 is 1.83. The molecule has 128 valence electrons. The van der Waals surface area contributed by atoms with E-state index in [0.29, 0.717) is 12.5 Å². The van der Waals surface area contributed by atoms with Crippen molar-refractivity contribution in [3.63, 3.8) is 0 Å². The van der Waals surface area contributed by atoms with E-state index < -0.39 is 0 Å². The molecular weight excluding hydrogens is 308 g/mol. The van der Waals surface area contributed by atoms with Gasteiger partial charge in [0.2, 0.25) is 0 Å². The highest BCUT2D eigenvalue weighted by Crippen LogP contribution is 2.33. The second-order valence-electron chi connectivity index (χ2n) is 6.46. The third-order valence-corrected chi connectivity index (χ3v) is 5.94. The minimum absolute atomic E-state index is 0.0242. The Morgan fingerprint density at radius 3 is 2.48 bits per heavy atom. The lowest BCUT2D eigenvalue weighted by Gasteiger charge is -2.36. The van der Waals surface area contributed by atoms with Crippen LogP contribution in [0.2, 0.25) is 0 Å². The Morgan fingerprint density at radius 1 is 1.26 bits per heavy atom. The fourth-order valence-electron chi connectivity index (χ4n) is 2.93. The number of amides is 2. The average molecular weight is 337 g/mol. The molecule has 5 heteroatoms. The normalized spacial score (nSPS) is 18.4. The van der Waals surface area contributed by atoms with Crippen molar-refractivity contribution in [1.82, 2.24) is 10.6 Å². The Labute approximate surface area is 143 Å². The van der Waals surface area contributed by atoms with Gasteiger partial charge in [-0.05, 0) is 30.6 Å². The number of hydrogen-bond donors (Lipinski definition) is 2. The minimum atomic E-state index is -0.0903. The van der Waals surface area contributed by atoms with Gasteiger partial charge in [-0.15, -0.1) is 0 Å². The summed E-state index contributed by atoms with van der Waals surface area (Å²) in [6.07, 6.45) is 4.09. The number of ether oxygens (including phenoxy) is 1. The Hall–Kier alpha value is -1.20. The van der Waals surface area contributed by atoms with Gasteiger partial charge in [-0.3, -0.25) is 0 Å². The van der Waals surface area contributed by atoms with E-state index in [1.165, 1.54) is 0 Å².